The molecule has 19 heavy (non-hydrogen) atoms. The van der Waals surface area contributed by atoms with Gasteiger partial charge < -0.3 is 14.8 Å². The average Bonchev–Trinajstić information content (AvgIpc) is 2.41. The van der Waals surface area contributed by atoms with Crippen LogP contribution in [0.25, 0.3) is 0 Å². The summed E-state index contributed by atoms with van der Waals surface area (Å²) in [5.74, 6) is 0.364. The second-order valence-electron chi connectivity index (χ2n) is 4.41. The number of nitrogens with one attached hydrogen (secondary N) is 1. The fraction of sp³-hybridized carbons (Fsp3) is 0.600. The fourth-order valence-electron chi connectivity index (χ4n) is 1.63. The molecule has 0 aliphatic heterocycles. The Labute approximate surface area is 115 Å². The molecule has 1 N–H and O–H groups in total. The van der Waals surface area contributed by atoms with Gasteiger partial charge in [-0.2, -0.15) is 0 Å². The number of ether oxygens (including phenoxy) is 2. The topological polar surface area (TPSA) is 30.5 Å². The molecule has 0 aliphatic carbocycles. The highest BCUT2D eigenvalue weighted by molar-refractivity contribution is 5.27. The van der Waals surface area contributed by atoms with E-state index in [1.807, 2.05) is 6.92 Å². The molecule has 0 spiro atoms. The molecule has 1 rings (SSSR count). The third-order valence-corrected chi connectivity index (χ3v) is 2.79. The second-order valence-corrected chi connectivity index (χ2v) is 4.41. The van der Waals surface area contributed by atoms with Crippen molar-refractivity contribution in [2.24, 2.45) is 0 Å². The number of hydrogen-bond acceptors (Lipinski definition) is 3. The molecular weight excluding hydrogens is 245 g/mol. The molecule has 0 unspecified atom stereocenters. The molecule has 0 aliphatic rings. The van der Waals surface area contributed by atoms with Gasteiger partial charge >= 0.3 is 0 Å². The van der Waals surface area contributed by atoms with Crippen molar-refractivity contribution in [3.05, 3.63) is 29.6 Å². The molecule has 0 saturated carbocycles. The average molecular weight is 269 g/mol. The number of benzene rings is 1. The predicted molar refractivity (Wildman–Crippen MR) is 75.2 cm³/mol. The molecule has 108 valence electrons. The lowest BCUT2D eigenvalue weighted by Gasteiger charge is -2.08. The molecule has 0 bridgehead atoms. The standard InChI is InChI=1S/C15H24FNO2/c1-3-18-10-5-4-8-17-9-11-19-14-7-6-13(2)15(16)12-14/h6-7,12,17H,3-5,8-11H2,1-2H3. The van der Waals surface area contributed by atoms with Gasteiger partial charge in [0.25, 0.3) is 0 Å². The number of rotatable bonds is 10. The first-order chi connectivity index (χ1) is 9.24. The fourth-order valence-corrected chi connectivity index (χ4v) is 1.63. The van der Waals surface area contributed by atoms with Crippen LogP contribution >= 0.6 is 0 Å². The highest BCUT2D eigenvalue weighted by Gasteiger charge is 1.99. The molecule has 1 aromatic carbocycles. The van der Waals surface area contributed by atoms with Gasteiger partial charge in [0.15, 0.2) is 0 Å². The van der Waals surface area contributed by atoms with Crippen molar-refractivity contribution in [2.75, 3.05) is 32.9 Å². The summed E-state index contributed by atoms with van der Waals surface area (Å²) in [5.41, 5.74) is 0.639. The third-order valence-electron chi connectivity index (χ3n) is 2.79. The van der Waals surface area contributed by atoms with Gasteiger partial charge in [-0.25, -0.2) is 4.39 Å². The van der Waals surface area contributed by atoms with Crippen LogP contribution in [0.1, 0.15) is 25.3 Å². The van der Waals surface area contributed by atoms with Crippen molar-refractivity contribution in [3.8, 4) is 5.75 Å². The van der Waals surface area contributed by atoms with Gasteiger partial charge in [0, 0.05) is 25.8 Å². The van der Waals surface area contributed by atoms with Crippen LogP contribution in [0.4, 0.5) is 4.39 Å². The number of aryl methyl sites for hydroxylation is 1. The summed E-state index contributed by atoms with van der Waals surface area (Å²) in [6.45, 7) is 7.63. The first kappa shape index (κ1) is 15.9. The van der Waals surface area contributed by atoms with Crippen LogP contribution in [0, 0.1) is 12.7 Å². The van der Waals surface area contributed by atoms with E-state index in [1.54, 1.807) is 19.1 Å². The number of halogens is 1. The minimum atomic E-state index is -0.221. The molecule has 4 heteroatoms. The van der Waals surface area contributed by atoms with Crippen molar-refractivity contribution >= 4 is 0 Å². The Morgan fingerprint density at radius 2 is 2.00 bits per heavy atom. The zero-order chi connectivity index (χ0) is 13.9. The van der Waals surface area contributed by atoms with Gasteiger partial charge in [-0.3, -0.25) is 0 Å². The lowest BCUT2D eigenvalue weighted by atomic mass is 10.2. The van der Waals surface area contributed by atoms with Crippen LogP contribution in [0.2, 0.25) is 0 Å². The van der Waals surface area contributed by atoms with Gasteiger partial charge in [0.1, 0.15) is 18.2 Å². The largest absolute Gasteiger partial charge is 0.492 e. The molecular formula is C15H24FNO2. The van der Waals surface area contributed by atoms with E-state index in [0.717, 1.165) is 39.1 Å². The molecule has 1 aromatic rings. The van der Waals surface area contributed by atoms with Gasteiger partial charge in [0.05, 0.1) is 0 Å². The Kier molecular flexibility index (Phi) is 8.18. The molecule has 3 nitrogen and oxygen atoms in total. The Bertz CT molecular complexity index is 358. The SMILES string of the molecule is CCOCCCCNCCOc1ccc(C)c(F)c1. The van der Waals surface area contributed by atoms with Crippen LogP contribution in [-0.2, 0) is 4.74 Å². The van der Waals surface area contributed by atoms with E-state index in [1.165, 1.54) is 6.07 Å². The maximum Gasteiger partial charge on any atom is 0.129 e. The maximum absolute atomic E-state index is 13.2. The monoisotopic (exact) mass is 269 g/mol. The van der Waals surface area contributed by atoms with Gasteiger partial charge in [-0.05, 0) is 44.9 Å². The highest BCUT2D eigenvalue weighted by Crippen LogP contribution is 2.15. The lowest BCUT2D eigenvalue weighted by molar-refractivity contribution is 0.143. The van der Waals surface area contributed by atoms with Gasteiger partial charge in [-0.1, -0.05) is 6.07 Å². The Morgan fingerprint density at radius 3 is 2.74 bits per heavy atom. The van der Waals surface area contributed by atoms with E-state index in [2.05, 4.69) is 5.32 Å². The summed E-state index contributed by atoms with van der Waals surface area (Å²) < 4.78 is 24.0. The maximum atomic E-state index is 13.2. The normalized spacial score (nSPS) is 10.7. The quantitative estimate of drug-likeness (QED) is 0.662. The Hall–Kier alpha value is -1.13. The third kappa shape index (κ3) is 7.13. The van der Waals surface area contributed by atoms with E-state index in [4.69, 9.17) is 9.47 Å². The summed E-state index contributed by atoms with van der Waals surface area (Å²) in [4.78, 5) is 0. The van der Waals surface area contributed by atoms with Crippen molar-refractivity contribution in [2.45, 2.75) is 26.7 Å². The lowest BCUT2D eigenvalue weighted by Crippen LogP contribution is -2.22. The van der Waals surface area contributed by atoms with Crippen LogP contribution in [-0.4, -0.2) is 32.9 Å². The van der Waals surface area contributed by atoms with Crippen LogP contribution in [0.15, 0.2) is 18.2 Å². The van der Waals surface area contributed by atoms with Crippen molar-refractivity contribution in [3.63, 3.8) is 0 Å². The summed E-state index contributed by atoms with van der Waals surface area (Å²) in [7, 11) is 0. The van der Waals surface area contributed by atoms with Gasteiger partial charge in [-0.15, -0.1) is 0 Å². The number of hydrogen-bond donors (Lipinski definition) is 1. The number of unbranched alkanes of at least 4 members (excludes halogenated alkanes) is 1. The first-order valence-corrected chi connectivity index (χ1v) is 6.91. The first-order valence-electron chi connectivity index (χ1n) is 6.91. The summed E-state index contributed by atoms with van der Waals surface area (Å²) in [6.07, 6.45) is 2.17. The second kappa shape index (κ2) is 9.75. The zero-order valence-corrected chi connectivity index (χ0v) is 11.9. The Morgan fingerprint density at radius 1 is 1.16 bits per heavy atom. The molecule has 0 fully saturated rings. The predicted octanol–water partition coefficient (Wildman–Crippen LogP) is 2.92. The van der Waals surface area contributed by atoms with Gasteiger partial charge in [0.2, 0.25) is 0 Å². The minimum Gasteiger partial charge on any atom is -0.492 e. The van der Waals surface area contributed by atoms with Crippen LogP contribution in [0.3, 0.4) is 0 Å². The van der Waals surface area contributed by atoms with E-state index in [-0.39, 0.29) is 5.82 Å². The molecule has 0 amide bonds. The summed E-state index contributed by atoms with van der Waals surface area (Å²) in [6, 6.07) is 4.95. The molecule has 0 aromatic heterocycles. The molecule has 0 heterocycles. The van der Waals surface area contributed by atoms with E-state index in [9.17, 15) is 4.39 Å². The zero-order valence-electron chi connectivity index (χ0n) is 11.9. The Balaban J connectivity index is 2.00. The van der Waals surface area contributed by atoms with Crippen LogP contribution in [0.5, 0.6) is 5.75 Å². The van der Waals surface area contributed by atoms with Crippen molar-refractivity contribution in [1.82, 2.24) is 5.32 Å². The van der Waals surface area contributed by atoms with E-state index >= 15 is 0 Å². The molecule has 0 saturated heterocycles. The minimum absolute atomic E-state index is 0.221. The van der Waals surface area contributed by atoms with E-state index in [0.29, 0.717) is 17.9 Å². The van der Waals surface area contributed by atoms with Crippen molar-refractivity contribution < 1.29 is 13.9 Å². The molecule has 0 radical (unpaired) electrons. The van der Waals surface area contributed by atoms with Crippen molar-refractivity contribution in [1.29, 1.82) is 0 Å². The smallest absolute Gasteiger partial charge is 0.129 e. The summed E-state index contributed by atoms with van der Waals surface area (Å²) >= 11 is 0. The summed E-state index contributed by atoms with van der Waals surface area (Å²) in [5, 5.41) is 3.28. The van der Waals surface area contributed by atoms with Crippen LogP contribution < -0.4 is 10.1 Å². The molecule has 0 atom stereocenters. The van der Waals surface area contributed by atoms with E-state index < -0.39 is 0 Å². The highest BCUT2D eigenvalue weighted by atomic mass is 19.1.